The summed E-state index contributed by atoms with van der Waals surface area (Å²) in [7, 11) is 1.60. The summed E-state index contributed by atoms with van der Waals surface area (Å²) in [6, 6.07) is 14.3. The van der Waals surface area contributed by atoms with Crippen molar-refractivity contribution in [2.45, 2.75) is 6.92 Å². The summed E-state index contributed by atoms with van der Waals surface area (Å²) < 4.78 is 5.08. The fraction of sp³-hybridized carbons (Fsp3) is 0.200. The highest BCUT2D eigenvalue weighted by molar-refractivity contribution is 5.89. The maximum Gasteiger partial charge on any atom is 0.319 e. The molecule has 1 aromatic carbocycles. The molecule has 0 bridgehead atoms. The van der Waals surface area contributed by atoms with E-state index in [9.17, 15) is 4.79 Å². The largest absolute Gasteiger partial charge is 0.497 e. The molecule has 0 fully saturated rings. The van der Waals surface area contributed by atoms with Crippen molar-refractivity contribution in [1.29, 1.82) is 0 Å². The quantitative estimate of drug-likeness (QED) is 0.435. The van der Waals surface area contributed by atoms with E-state index in [1.54, 1.807) is 49.7 Å². The van der Waals surface area contributed by atoms with Gasteiger partial charge in [0, 0.05) is 25.0 Å². The third-order valence-corrected chi connectivity index (χ3v) is 3.90. The molecule has 2 aromatic heterocycles. The molecule has 0 saturated heterocycles. The number of ether oxygens (including phenoxy) is 1. The summed E-state index contributed by atoms with van der Waals surface area (Å²) in [6.45, 7) is 2.92. The number of aromatic nitrogens is 3. The lowest BCUT2D eigenvalue weighted by Gasteiger charge is -2.09. The van der Waals surface area contributed by atoms with Crippen molar-refractivity contribution >= 4 is 29.2 Å². The zero-order valence-electron chi connectivity index (χ0n) is 16.3. The average Bonchev–Trinajstić information content (AvgIpc) is 2.74. The van der Waals surface area contributed by atoms with Crippen LogP contribution in [0.25, 0.3) is 0 Å². The second kappa shape index (κ2) is 9.88. The van der Waals surface area contributed by atoms with Gasteiger partial charge in [0.2, 0.25) is 0 Å². The van der Waals surface area contributed by atoms with Crippen molar-refractivity contribution in [3.05, 3.63) is 60.3 Å². The average molecular weight is 393 g/mol. The summed E-state index contributed by atoms with van der Waals surface area (Å²) in [6.07, 6.45) is 1.78. The molecule has 0 saturated carbocycles. The molecule has 150 valence electrons. The third kappa shape index (κ3) is 6.35. The number of nitrogens with one attached hydrogen (secondary N) is 4. The SMILES string of the molecule is COc1ccc(NC(=O)NCCNc2ccc(Nc3ccc(C)cn3)nn2)cc1. The van der Waals surface area contributed by atoms with Gasteiger partial charge < -0.3 is 26.0 Å². The molecule has 9 nitrogen and oxygen atoms in total. The van der Waals surface area contributed by atoms with Crippen molar-refractivity contribution in [3.63, 3.8) is 0 Å². The fourth-order valence-electron chi connectivity index (χ4n) is 2.38. The van der Waals surface area contributed by atoms with Crippen LogP contribution in [-0.4, -0.2) is 41.4 Å². The van der Waals surface area contributed by atoms with E-state index >= 15 is 0 Å². The van der Waals surface area contributed by atoms with Crippen LogP contribution in [0.3, 0.4) is 0 Å². The summed E-state index contributed by atoms with van der Waals surface area (Å²) >= 11 is 0. The molecule has 4 N–H and O–H groups in total. The number of methoxy groups -OCH3 is 1. The maximum atomic E-state index is 11.9. The zero-order chi connectivity index (χ0) is 20.5. The molecule has 3 rings (SSSR count). The van der Waals surface area contributed by atoms with Gasteiger partial charge in [0.05, 0.1) is 7.11 Å². The number of carbonyl (C=O) groups is 1. The van der Waals surface area contributed by atoms with Crippen LogP contribution >= 0.6 is 0 Å². The number of nitrogens with zero attached hydrogens (tertiary/aromatic N) is 3. The van der Waals surface area contributed by atoms with Crippen LogP contribution in [0.15, 0.2) is 54.7 Å². The van der Waals surface area contributed by atoms with Crippen LogP contribution in [0.1, 0.15) is 5.56 Å². The summed E-state index contributed by atoms with van der Waals surface area (Å²) in [4.78, 5) is 16.2. The number of rotatable bonds is 8. The highest BCUT2D eigenvalue weighted by atomic mass is 16.5. The molecule has 2 amide bonds. The molecule has 0 radical (unpaired) electrons. The Balaban J connectivity index is 1.37. The van der Waals surface area contributed by atoms with E-state index in [0.29, 0.717) is 36.2 Å². The fourth-order valence-corrected chi connectivity index (χ4v) is 2.38. The van der Waals surface area contributed by atoms with Gasteiger partial charge >= 0.3 is 6.03 Å². The molecule has 0 spiro atoms. The third-order valence-electron chi connectivity index (χ3n) is 3.90. The molecule has 0 unspecified atom stereocenters. The van der Waals surface area contributed by atoms with Crippen molar-refractivity contribution in [2.24, 2.45) is 0 Å². The Labute approximate surface area is 168 Å². The van der Waals surface area contributed by atoms with E-state index in [-0.39, 0.29) is 6.03 Å². The minimum atomic E-state index is -0.284. The van der Waals surface area contributed by atoms with Gasteiger partial charge in [-0.1, -0.05) is 6.07 Å². The number of carbonyl (C=O) groups excluding carboxylic acids is 1. The topological polar surface area (TPSA) is 113 Å². The number of amides is 2. The van der Waals surface area contributed by atoms with Crippen LogP contribution < -0.4 is 26.0 Å². The number of hydrogen-bond donors (Lipinski definition) is 4. The first kappa shape index (κ1) is 19.9. The van der Waals surface area contributed by atoms with E-state index in [1.165, 1.54) is 0 Å². The second-order valence-electron chi connectivity index (χ2n) is 6.19. The van der Waals surface area contributed by atoms with Crippen LogP contribution in [0, 0.1) is 6.92 Å². The normalized spacial score (nSPS) is 10.1. The Morgan fingerprint density at radius 3 is 2.31 bits per heavy atom. The van der Waals surface area contributed by atoms with Gasteiger partial charge in [-0.2, -0.15) is 0 Å². The number of urea groups is 1. The molecule has 0 aliphatic heterocycles. The number of benzene rings is 1. The Morgan fingerprint density at radius 1 is 0.931 bits per heavy atom. The first-order chi connectivity index (χ1) is 14.1. The minimum absolute atomic E-state index is 0.284. The second-order valence-corrected chi connectivity index (χ2v) is 6.19. The van der Waals surface area contributed by atoms with Gasteiger partial charge in [-0.05, 0) is 55.0 Å². The molecule has 0 aliphatic rings. The highest BCUT2D eigenvalue weighted by Gasteiger charge is 2.02. The first-order valence-corrected chi connectivity index (χ1v) is 9.08. The number of anilines is 4. The molecule has 3 aromatic rings. The van der Waals surface area contributed by atoms with Gasteiger partial charge in [0.1, 0.15) is 17.4 Å². The van der Waals surface area contributed by atoms with E-state index < -0.39 is 0 Å². The molecule has 2 heterocycles. The van der Waals surface area contributed by atoms with E-state index in [2.05, 4.69) is 36.4 Å². The molecular formula is C20H23N7O2. The molecule has 9 heteroatoms. The Kier molecular flexibility index (Phi) is 6.77. The zero-order valence-corrected chi connectivity index (χ0v) is 16.3. The van der Waals surface area contributed by atoms with Crippen LogP contribution in [0.4, 0.5) is 27.9 Å². The van der Waals surface area contributed by atoms with Crippen molar-refractivity contribution in [3.8, 4) is 5.75 Å². The standard InChI is InChI=1S/C20H23N7O2/c1-14-3-8-17(23-13-14)25-19-10-9-18(26-27-19)21-11-12-22-20(28)24-15-4-6-16(29-2)7-5-15/h3-10,13H,11-12H2,1-2H3,(H,21,26)(H2,22,24,28)(H,23,25,27). The Hall–Kier alpha value is -3.88. The first-order valence-electron chi connectivity index (χ1n) is 9.08. The minimum Gasteiger partial charge on any atom is -0.497 e. The molecule has 0 atom stereocenters. The monoisotopic (exact) mass is 393 g/mol. The molecular weight excluding hydrogens is 370 g/mol. The van der Waals surface area contributed by atoms with E-state index in [0.717, 1.165) is 11.3 Å². The van der Waals surface area contributed by atoms with Crippen molar-refractivity contribution in [1.82, 2.24) is 20.5 Å². The Bertz CT molecular complexity index is 913. The lowest BCUT2D eigenvalue weighted by atomic mass is 10.3. The molecule has 29 heavy (non-hydrogen) atoms. The van der Waals surface area contributed by atoms with Gasteiger partial charge in [-0.3, -0.25) is 0 Å². The van der Waals surface area contributed by atoms with Crippen molar-refractivity contribution < 1.29 is 9.53 Å². The van der Waals surface area contributed by atoms with Gasteiger partial charge in [0.25, 0.3) is 0 Å². The summed E-state index contributed by atoms with van der Waals surface area (Å²) in [5, 5.41) is 19.9. The van der Waals surface area contributed by atoms with Gasteiger partial charge in [-0.25, -0.2) is 9.78 Å². The van der Waals surface area contributed by atoms with E-state index in [4.69, 9.17) is 4.74 Å². The molecule has 0 aliphatic carbocycles. The summed E-state index contributed by atoms with van der Waals surface area (Å²) in [5.74, 6) is 2.66. The number of pyridine rings is 1. The Morgan fingerprint density at radius 2 is 1.66 bits per heavy atom. The smallest absolute Gasteiger partial charge is 0.319 e. The van der Waals surface area contributed by atoms with Gasteiger partial charge in [0.15, 0.2) is 5.82 Å². The van der Waals surface area contributed by atoms with Crippen LogP contribution in [-0.2, 0) is 0 Å². The number of hydrogen-bond acceptors (Lipinski definition) is 7. The lowest BCUT2D eigenvalue weighted by Crippen LogP contribution is -2.32. The van der Waals surface area contributed by atoms with Crippen LogP contribution in [0.5, 0.6) is 5.75 Å². The van der Waals surface area contributed by atoms with E-state index in [1.807, 2.05) is 19.1 Å². The van der Waals surface area contributed by atoms with Gasteiger partial charge in [-0.15, -0.1) is 10.2 Å². The predicted molar refractivity (Wildman–Crippen MR) is 113 cm³/mol. The van der Waals surface area contributed by atoms with Crippen LogP contribution in [0.2, 0.25) is 0 Å². The highest BCUT2D eigenvalue weighted by Crippen LogP contribution is 2.15. The predicted octanol–water partition coefficient (Wildman–Crippen LogP) is 3.17. The summed E-state index contributed by atoms with van der Waals surface area (Å²) in [5.41, 5.74) is 1.78. The lowest BCUT2D eigenvalue weighted by molar-refractivity contribution is 0.252. The van der Waals surface area contributed by atoms with Crippen molar-refractivity contribution in [2.75, 3.05) is 36.1 Å². The maximum absolute atomic E-state index is 11.9. The number of aryl methyl sites for hydroxylation is 1.